The molecule has 2 heterocycles. The Hall–Kier alpha value is -3.46. The molecular formula is C23H20F4N4O. The highest BCUT2D eigenvalue weighted by atomic mass is 19.4. The van der Waals surface area contributed by atoms with E-state index >= 15 is 4.39 Å². The van der Waals surface area contributed by atoms with Crippen molar-refractivity contribution >= 4 is 10.9 Å². The highest BCUT2D eigenvalue weighted by Crippen LogP contribution is 2.35. The third kappa shape index (κ3) is 4.29. The number of benzene rings is 2. The van der Waals surface area contributed by atoms with Gasteiger partial charge in [0.05, 0.1) is 16.8 Å². The van der Waals surface area contributed by atoms with Gasteiger partial charge >= 0.3 is 6.18 Å². The van der Waals surface area contributed by atoms with E-state index in [1.807, 2.05) is 19.0 Å². The zero-order chi connectivity index (χ0) is 23.0. The van der Waals surface area contributed by atoms with Crippen molar-refractivity contribution in [3.8, 4) is 17.3 Å². The SMILES string of the molecule is Cc1cc2c(F)c(Oc3cc(CN(C)C)ncn3)ccc2n1-c1cccc(C(F)(F)F)c1. The lowest BCUT2D eigenvalue weighted by Gasteiger charge is -2.13. The molecule has 0 aliphatic carbocycles. The van der Waals surface area contributed by atoms with Gasteiger partial charge in [0.15, 0.2) is 11.6 Å². The molecule has 2 aromatic carbocycles. The second-order valence-corrected chi connectivity index (χ2v) is 7.67. The molecule has 0 spiro atoms. The molecule has 0 atom stereocenters. The summed E-state index contributed by atoms with van der Waals surface area (Å²) in [5.41, 5.74) is 1.26. The first-order valence-electron chi connectivity index (χ1n) is 9.75. The van der Waals surface area contributed by atoms with Crippen LogP contribution in [0.1, 0.15) is 17.0 Å². The summed E-state index contributed by atoms with van der Waals surface area (Å²) in [5.74, 6) is -0.457. The molecule has 0 N–H and O–H groups in total. The third-order valence-corrected chi connectivity index (χ3v) is 4.89. The molecule has 0 bridgehead atoms. The molecule has 0 unspecified atom stereocenters. The fourth-order valence-electron chi connectivity index (χ4n) is 3.56. The van der Waals surface area contributed by atoms with Crippen molar-refractivity contribution in [2.24, 2.45) is 0 Å². The number of halogens is 4. The summed E-state index contributed by atoms with van der Waals surface area (Å²) >= 11 is 0. The molecule has 32 heavy (non-hydrogen) atoms. The van der Waals surface area contributed by atoms with Gasteiger partial charge in [-0.05, 0) is 57.4 Å². The molecule has 4 rings (SSSR count). The van der Waals surface area contributed by atoms with E-state index in [1.165, 1.54) is 18.5 Å². The van der Waals surface area contributed by atoms with Gasteiger partial charge in [-0.2, -0.15) is 13.2 Å². The van der Waals surface area contributed by atoms with E-state index in [1.54, 1.807) is 35.8 Å². The summed E-state index contributed by atoms with van der Waals surface area (Å²) in [7, 11) is 3.79. The minimum atomic E-state index is -4.47. The van der Waals surface area contributed by atoms with Crippen molar-refractivity contribution in [3.63, 3.8) is 0 Å². The van der Waals surface area contributed by atoms with Gasteiger partial charge in [0, 0.05) is 29.4 Å². The van der Waals surface area contributed by atoms with E-state index in [4.69, 9.17) is 4.74 Å². The molecular weight excluding hydrogens is 424 g/mol. The van der Waals surface area contributed by atoms with Crippen LogP contribution in [0.3, 0.4) is 0 Å². The van der Waals surface area contributed by atoms with E-state index in [2.05, 4.69) is 9.97 Å². The first-order valence-corrected chi connectivity index (χ1v) is 9.75. The average molecular weight is 444 g/mol. The van der Waals surface area contributed by atoms with Crippen LogP contribution in [0.5, 0.6) is 11.6 Å². The lowest BCUT2D eigenvalue weighted by molar-refractivity contribution is -0.137. The molecule has 4 aromatic rings. The van der Waals surface area contributed by atoms with Crippen molar-refractivity contribution in [2.45, 2.75) is 19.6 Å². The van der Waals surface area contributed by atoms with Crippen LogP contribution in [0, 0.1) is 12.7 Å². The maximum atomic E-state index is 15.3. The number of aromatic nitrogens is 3. The molecule has 5 nitrogen and oxygen atoms in total. The Morgan fingerprint density at radius 3 is 2.53 bits per heavy atom. The zero-order valence-corrected chi connectivity index (χ0v) is 17.6. The highest BCUT2D eigenvalue weighted by molar-refractivity contribution is 5.85. The largest absolute Gasteiger partial charge is 0.436 e. The van der Waals surface area contributed by atoms with Gasteiger partial charge in [0.1, 0.15) is 6.33 Å². The second-order valence-electron chi connectivity index (χ2n) is 7.67. The Balaban J connectivity index is 1.73. The summed E-state index contributed by atoms with van der Waals surface area (Å²) in [4.78, 5) is 10.1. The van der Waals surface area contributed by atoms with Crippen molar-refractivity contribution < 1.29 is 22.3 Å². The summed E-state index contributed by atoms with van der Waals surface area (Å²) in [5, 5.41) is 0.236. The van der Waals surface area contributed by atoms with Crippen molar-refractivity contribution in [1.29, 1.82) is 0 Å². The van der Waals surface area contributed by atoms with Crippen molar-refractivity contribution in [1.82, 2.24) is 19.4 Å². The van der Waals surface area contributed by atoms with Crippen LogP contribution >= 0.6 is 0 Å². The molecule has 9 heteroatoms. The van der Waals surface area contributed by atoms with Crippen LogP contribution in [0.25, 0.3) is 16.6 Å². The van der Waals surface area contributed by atoms with Gasteiger partial charge in [-0.15, -0.1) is 0 Å². The number of hydrogen-bond acceptors (Lipinski definition) is 4. The summed E-state index contributed by atoms with van der Waals surface area (Å²) in [6.07, 6.45) is -3.12. The number of alkyl halides is 3. The van der Waals surface area contributed by atoms with Gasteiger partial charge in [-0.3, -0.25) is 0 Å². The second kappa shape index (κ2) is 8.23. The number of hydrogen-bond donors (Lipinski definition) is 0. The quantitative estimate of drug-likeness (QED) is 0.368. The van der Waals surface area contributed by atoms with Crippen molar-refractivity contribution in [2.75, 3.05) is 14.1 Å². The minimum Gasteiger partial charge on any atom is -0.436 e. The molecule has 0 saturated carbocycles. The summed E-state index contributed by atoms with van der Waals surface area (Å²) in [6.45, 7) is 2.28. The van der Waals surface area contributed by atoms with E-state index in [0.29, 0.717) is 29.1 Å². The van der Waals surface area contributed by atoms with Crippen LogP contribution in [-0.4, -0.2) is 33.5 Å². The smallest absolute Gasteiger partial charge is 0.416 e. The maximum absolute atomic E-state index is 15.3. The number of rotatable bonds is 5. The first kappa shape index (κ1) is 21.8. The fraction of sp³-hybridized carbons (Fsp3) is 0.217. The van der Waals surface area contributed by atoms with Gasteiger partial charge in [0.25, 0.3) is 0 Å². The van der Waals surface area contributed by atoms with E-state index in [9.17, 15) is 13.2 Å². The Bertz CT molecular complexity index is 1280. The van der Waals surface area contributed by atoms with E-state index in [-0.39, 0.29) is 17.0 Å². The standard InChI is InChI=1S/C23H20F4N4O/c1-14-9-18-19(31(14)17-6-4-5-15(10-17)23(25,26)27)7-8-20(22(18)24)32-21-11-16(12-30(2)3)28-13-29-21/h4-11,13H,12H2,1-3H3. The molecule has 0 aliphatic rings. The zero-order valence-electron chi connectivity index (χ0n) is 17.6. The predicted molar refractivity (Wildman–Crippen MR) is 112 cm³/mol. The Kier molecular flexibility index (Phi) is 5.60. The highest BCUT2D eigenvalue weighted by Gasteiger charge is 2.30. The maximum Gasteiger partial charge on any atom is 0.416 e. The molecule has 0 radical (unpaired) electrons. The summed E-state index contributed by atoms with van der Waals surface area (Å²) < 4.78 is 62.0. The van der Waals surface area contributed by atoms with Gasteiger partial charge in [-0.25, -0.2) is 14.4 Å². The van der Waals surface area contributed by atoms with Crippen LogP contribution in [0.2, 0.25) is 0 Å². The fourth-order valence-corrected chi connectivity index (χ4v) is 3.56. The van der Waals surface area contributed by atoms with Crippen LogP contribution in [0.4, 0.5) is 17.6 Å². The average Bonchev–Trinajstić information content (AvgIpc) is 3.06. The third-order valence-electron chi connectivity index (χ3n) is 4.89. The van der Waals surface area contributed by atoms with Gasteiger partial charge in [-0.1, -0.05) is 6.07 Å². The first-order chi connectivity index (χ1) is 15.1. The molecule has 0 amide bonds. The van der Waals surface area contributed by atoms with Gasteiger partial charge < -0.3 is 14.2 Å². The molecule has 166 valence electrons. The molecule has 0 fully saturated rings. The van der Waals surface area contributed by atoms with E-state index in [0.717, 1.165) is 12.1 Å². The molecule has 0 saturated heterocycles. The predicted octanol–water partition coefficient (Wildman–Crippen LogP) is 5.74. The topological polar surface area (TPSA) is 43.2 Å². The Labute approximate surface area is 181 Å². The number of nitrogens with zero attached hydrogens (tertiary/aromatic N) is 4. The summed E-state index contributed by atoms with van der Waals surface area (Å²) in [6, 6.07) is 11.2. The van der Waals surface area contributed by atoms with Crippen LogP contribution < -0.4 is 4.74 Å². The number of ether oxygens (including phenoxy) is 1. The number of fused-ring (bicyclic) bond motifs is 1. The lowest BCUT2D eigenvalue weighted by Crippen LogP contribution is -2.12. The Morgan fingerprint density at radius 2 is 1.81 bits per heavy atom. The van der Waals surface area contributed by atoms with Gasteiger partial charge in [0.2, 0.25) is 5.88 Å². The number of aryl methyl sites for hydroxylation is 1. The minimum absolute atomic E-state index is 0.0341. The Morgan fingerprint density at radius 1 is 1.03 bits per heavy atom. The normalized spacial score (nSPS) is 12.0. The lowest BCUT2D eigenvalue weighted by atomic mass is 10.2. The molecule has 2 aromatic heterocycles. The molecule has 0 aliphatic heterocycles. The van der Waals surface area contributed by atoms with Crippen molar-refractivity contribution in [3.05, 3.63) is 77.6 Å². The van der Waals surface area contributed by atoms with Crippen LogP contribution in [-0.2, 0) is 12.7 Å². The van der Waals surface area contributed by atoms with E-state index < -0.39 is 17.6 Å². The monoisotopic (exact) mass is 444 g/mol. The van der Waals surface area contributed by atoms with Crippen LogP contribution in [0.15, 0.2) is 54.9 Å².